The molecule has 0 saturated carbocycles. The third-order valence-corrected chi connectivity index (χ3v) is 17.4. The number of aliphatic hydroxyl groups excluding tert-OH is 2. The van der Waals surface area contributed by atoms with E-state index in [0.717, 1.165) is 44.9 Å². The van der Waals surface area contributed by atoms with E-state index in [0.29, 0.717) is 19.4 Å². The molecule has 0 bridgehead atoms. The summed E-state index contributed by atoms with van der Waals surface area (Å²) in [4.78, 5) is 24.6. The summed E-state index contributed by atoms with van der Waals surface area (Å²) >= 11 is 0. The van der Waals surface area contributed by atoms with Crippen LogP contribution in [0.5, 0.6) is 0 Å². The van der Waals surface area contributed by atoms with Gasteiger partial charge in [0.2, 0.25) is 5.91 Å². The number of nitrogens with one attached hydrogen (secondary N) is 1. The fourth-order valence-corrected chi connectivity index (χ4v) is 11.7. The van der Waals surface area contributed by atoms with E-state index >= 15 is 0 Å². The lowest BCUT2D eigenvalue weighted by atomic mass is 10.0. The van der Waals surface area contributed by atoms with Crippen LogP contribution in [0.3, 0.4) is 0 Å². The molecule has 0 rings (SSSR count). The highest BCUT2D eigenvalue weighted by atomic mass is 16.5. The molecule has 2 atom stereocenters. The van der Waals surface area contributed by atoms with Gasteiger partial charge in [-0.2, -0.15) is 0 Å². The molecule has 0 spiro atoms. The maximum absolute atomic E-state index is 12.5. The van der Waals surface area contributed by atoms with Crippen LogP contribution in [-0.4, -0.2) is 47.4 Å². The first kappa shape index (κ1) is 80.1. The van der Waals surface area contributed by atoms with Gasteiger partial charge in [0, 0.05) is 12.8 Å². The largest absolute Gasteiger partial charge is 0.466 e. The minimum absolute atomic E-state index is 0.0146. The Morgan fingerprint density at radius 2 is 0.610 bits per heavy atom. The molecule has 6 nitrogen and oxygen atoms in total. The monoisotopic (exact) mass is 1150 g/mol. The predicted molar refractivity (Wildman–Crippen MR) is 361 cm³/mol. The van der Waals surface area contributed by atoms with Crippen molar-refractivity contribution in [2.75, 3.05) is 13.2 Å². The topological polar surface area (TPSA) is 95.9 Å². The van der Waals surface area contributed by atoms with Crippen LogP contribution in [0.15, 0.2) is 36.5 Å². The number of hydrogen-bond donors (Lipinski definition) is 3. The van der Waals surface area contributed by atoms with Crippen molar-refractivity contribution >= 4 is 11.9 Å². The summed E-state index contributed by atoms with van der Waals surface area (Å²) in [5, 5.41) is 23.3. The van der Waals surface area contributed by atoms with Crippen LogP contribution in [0.25, 0.3) is 0 Å². The first-order chi connectivity index (χ1) is 40.5. The van der Waals surface area contributed by atoms with Crippen LogP contribution in [0, 0.1) is 0 Å². The number of aliphatic hydroxyl groups is 2. The molecule has 0 aromatic heterocycles. The molecule has 0 aliphatic carbocycles. The van der Waals surface area contributed by atoms with Crippen molar-refractivity contribution in [2.45, 2.75) is 424 Å². The molecule has 0 fully saturated rings. The second-order valence-electron chi connectivity index (χ2n) is 25.6. The number of amides is 1. The minimum atomic E-state index is -0.847. The second-order valence-corrected chi connectivity index (χ2v) is 25.6. The van der Waals surface area contributed by atoms with Gasteiger partial charge < -0.3 is 20.3 Å². The number of hydrogen-bond acceptors (Lipinski definition) is 5. The Labute approximate surface area is 513 Å². The van der Waals surface area contributed by atoms with Crippen molar-refractivity contribution in [3.63, 3.8) is 0 Å². The fraction of sp³-hybridized carbons (Fsp3) is 0.895. The summed E-state index contributed by atoms with van der Waals surface area (Å²) in [6, 6.07) is -0.630. The van der Waals surface area contributed by atoms with E-state index in [1.54, 1.807) is 6.08 Å². The van der Waals surface area contributed by atoms with Gasteiger partial charge in [-0.05, 0) is 64.2 Å². The number of ether oxygens (including phenoxy) is 1. The van der Waals surface area contributed by atoms with Gasteiger partial charge in [0.1, 0.15) is 0 Å². The molecule has 0 aromatic rings. The van der Waals surface area contributed by atoms with E-state index in [2.05, 4.69) is 43.5 Å². The Hall–Kier alpha value is -1.92. The van der Waals surface area contributed by atoms with Crippen LogP contribution < -0.4 is 5.32 Å². The van der Waals surface area contributed by atoms with Crippen molar-refractivity contribution in [3.8, 4) is 0 Å². The number of carbonyl (C=O) groups is 2. The zero-order chi connectivity index (χ0) is 59.2. The lowest BCUT2D eigenvalue weighted by Crippen LogP contribution is -2.45. The molecule has 2 unspecified atom stereocenters. The zero-order valence-corrected chi connectivity index (χ0v) is 55.5. The molecule has 1 amide bonds. The highest BCUT2D eigenvalue weighted by Gasteiger charge is 2.18. The number of unbranched alkanes of at least 4 members (excludes halogenated alkanes) is 55. The van der Waals surface area contributed by atoms with Crippen molar-refractivity contribution < 1.29 is 24.5 Å². The Morgan fingerprint density at radius 1 is 0.341 bits per heavy atom. The Bertz CT molecular complexity index is 1330. The van der Waals surface area contributed by atoms with Crippen LogP contribution in [0.1, 0.15) is 412 Å². The third kappa shape index (κ3) is 67.2. The molecular weight excluding hydrogens is 1010 g/mol. The fourth-order valence-electron chi connectivity index (χ4n) is 11.7. The van der Waals surface area contributed by atoms with E-state index < -0.39 is 12.1 Å². The second kappa shape index (κ2) is 71.6. The molecule has 82 heavy (non-hydrogen) atoms. The van der Waals surface area contributed by atoms with Gasteiger partial charge in [-0.1, -0.05) is 371 Å². The van der Waals surface area contributed by atoms with Crippen molar-refractivity contribution in [3.05, 3.63) is 36.5 Å². The van der Waals surface area contributed by atoms with E-state index in [1.165, 1.54) is 340 Å². The Balaban J connectivity index is 3.42. The summed E-state index contributed by atoms with van der Waals surface area (Å²) in [6.45, 7) is 4.94. The number of allylic oxidation sites excluding steroid dienone is 5. The van der Waals surface area contributed by atoms with Gasteiger partial charge in [0.05, 0.1) is 25.4 Å². The average Bonchev–Trinajstić information content (AvgIpc) is 3.48. The Kier molecular flexibility index (Phi) is 69.9. The van der Waals surface area contributed by atoms with Gasteiger partial charge in [0.25, 0.3) is 0 Å². The van der Waals surface area contributed by atoms with Gasteiger partial charge in [-0.3, -0.25) is 9.59 Å². The SMILES string of the molecule is CCCCCCCCCCCCCCCCCCCCCC/C=C/C(O)C(CO)NC(=O)CCCCCCCCCCCCCCC/C=C\C/C=C\CCCCCCCCCCCOC(=O)CCCCCCCCCCCCCCCC. The third-order valence-electron chi connectivity index (χ3n) is 17.4. The van der Waals surface area contributed by atoms with Gasteiger partial charge in [-0.25, -0.2) is 0 Å². The zero-order valence-electron chi connectivity index (χ0n) is 55.5. The molecule has 0 aliphatic heterocycles. The molecule has 0 aromatic carbocycles. The summed E-state index contributed by atoms with van der Waals surface area (Å²) in [7, 11) is 0. The predicted octanol–water partition coefficient (Wildman–Crippen LogP) is 24.3. The van der Waals surface area contributed by atoms with E-state index in [9.17, 15) is 19.8 Å². The molecule has 0 radical (unpaired) electrons. The number of rotatable bonds is 70. The van der Waals surface area contributed by atoms with Gasteiger partial charge >= 0.3 is 5.97 Å². The van der Waals surface area contributed by atoms with E-state index in [1.807, 2.05) is 6.08 Å². The first-order valence-electron chi connectivity index (χ1n) is 37.3. The minimum Gasteiger partial charge on any atom is -0.466 e. The van der Waals surface area contributed by atoms with Crippen LogP contribution >= 0.6 is 0 Å². The van der Waals surface area contributed by atoms with Crippen LogP contribution in [-0.2, 0) is 14.3 Å². The average molecular weight is 1150 g/mol. The van der Waals surface area contributed by atoms with Gasteiger partial charge in [0.15, 0.2) is 0 Å². The lowest BCUT2D eigenvalue weighted by Gasteiger charge is -2.20. The van der Waals surface area contributed by atoms with Crippen LogP contribution in [0.4, 0.5) is 0 Å². The van der Waals surface area contributed by atoms with Crippen molar-refractivity contribution in [1.82, 2.24) is 5.32 Å². The van der Waals surface area contributed by atoms with E-state index in [-0.39, 0.29) is 18.5 Å². The van der Waals surface area contributed by atoms with E-state index in [4.69, 9.17) is 4.74 Å². The first-order valence-corrected chi connectivity index (χ1v) is 37.3. The molecule has 0 heterocycles. The summed E-state index contributed by atoms with van der Waals surface area (Å²) < 4.78 is 5.49. The quantitative estimate of drug-likeness (QED) is 0.0320. The van der Waals surface area contributed by atoms with Gasteiger partial charge in [-0.15, -0.1) is 0 Å². The van der Waals surface area contributed by atoms with Crippen molar-refractivity contribution in [2.24, 2.45) is 0 Å². The standard InChI is InChI=1S/C76H145NO5/c1-3-5-7-9-11-13-15-17-19-20-21-22-32-35-38-41-44-48-52-56-60-64-68-74(79)73(72-78)77-75(80)69-65-61-57-53-49-45-42-39-36-33-30-28-26-24-23-25-27-29-31-34-37-40-43-47-51-55-59-63-67-71-82-76(81)70-66-62-58-54-50-46-18-16-14-12-10-8-6-4-2/h23,25,29,31,64,68,73-74,78-79H,3-22,24,26-28,30,32-63,65-67,69-72H2,1-2H3,(H,77,80)/b25-23-,31-29-,68-64+. The molecule has 3 N–H and O–H groups in total. The normalized spacial score (nSPS) is 12.7. The number of esters is 1. The summed E-state index contributed by atoms with van der Waals surface area (Å²) in [5.41, 5.74) is 0. The smallest absolute Gasteiger partial charge is 0.305 e. The highest BCUT2D eigenvalue weighted by molar-refractivity contribution is 5.76. The maximum Gasteiger partial charge on any atom is 0.305 e. The molecule has 0 saturated heterocycles. The summed E-state index contributed by atoms with van der Waals surface area (Å²) in [5.74, 6) is -0.0503. The molecular formula is C76H145NO5. The molecule has 0 aliphatic rings. The number of carbonyl (C=O) groups excluding carboxylic acids is 2. The highest BCUT2D eigenvalue weighted by Crippen LogP contribution is 2.19. The summed E-state index contributed by atoms with van der Waals surface area (Å²) in [6.07, 6.45) is 92.4. The molecule has 6 heteroatoms. The van der Waals surface area contributed by atoms with Crippen LogP contribution in [0.2, 0.25) is 0 Å². The van der Waals surface area contributed by atoms with Crippen molar-refractivity contribution in [1.29, 1.82) is 0 Å². The lowest BCUT2D eigenvalue weighted by molar-refractivity contribution is -0.143. The maximum atomic E-state index is 12.5. The molecule has 484 valence electrons. The Morgan fingerprint density at radius 3 is 0.927 bits per heavy atom.